The number of sulfonamides is 1. The van der Waals surface area contributed by atoms with E-state index in [0.29, 0.717) is 21.5 Å². The van der Waals surface area contributed by atoms with Crippen molar-refractivity contribution in [1.29, 1.82) is 0 Å². The van der Waals surface area contributed by atoms with Crippen LogP contribution < -0.4 is 14.4 Å². The molecule has 6 nitrogen and oxygen atoms in total. The van der Waals surface area contributed by atoms with Gasteiger partial charge in [-0.1, -0.05) is 11.6 Å². The maximum atomic E-state index is 12.5. The van der Waals surface area contributed by atoms with Crippen molar-refractivity contribution in [3.63, 3.8) is 0 Å². The van der Waals surface area contributed by atoms with E-state index in [-0.39, 0.29) is 16.7 Å². The first-order valence-corrected chi connectivity index (χ1v) is 10.1. The molecule has 0 unspecified atom stereocenters. The molecule has 1 aromatic heterocycles. The van der Waals surface area contributed by atoms with Crippen molar-refractivity contribution in [3.8, 4) is 5.75 Å². The number of benzene rings is 1. The summed E-state index contributed by atoms with van der Waals surface area (Å²) in [6.45, 7) is 3.87. The van der Waals surface area contributed by atoms with Gasteiger partial charge in [0.2, 0.25) is 5.91 Å². The van der Waals surface area contributed by atoms with E-state index in [0.717, 1.165) is 11.3 Å². The first-order chi connectivity index (χ1) is 11.6. The Kier molecular flexibility index (Phi) is 4.47. The van der Waals surface area contributed by atoms with Crippen LogP contribution >= 0.6 is 22.9 Å². The average molecular weight is 401 g/mol. The van der Waals surface area contributed by atoms with Gasteiger partial charge < -0.3 is 9.64 Å². The minimum atomic E-state index is -3.74. The van der Waals surface area contributed by atoms with Crippen LogP contribution in [0, 0.1) is 5.41 Å². The third-order valence-electron chi connectivity index (χ3n) is 3.86. The Balaban J connectivity index is 1.94. The van der Waals surface area contributed by atoms with Crippen LogP contribution in [-0.4, -0.2) is 28.0 Å². The zero-order valence-corrected chi connectivity index (χ0v) is 16.3. The fraction of sp³-hybridized carbons (Fsp3) is 0.312. The molecule has 0 fully saturated rings. The third-order valence-corrected chi connectivity index (χ3v) is 6.96. The molecule has 1 N–H and O–H groups in total. The number of amides is 1. The monoisotopic (exact) mass is 400 g/mol. The first kappa shape index (κ1) is 18.0. The topological polar surface area (TPSA) is 75.7 Å². The second-order valence-electron chi connectivity index (χ2n) is 6.38. The molecule has 2 heterocycles. The van der Waals surface area contributed by atoms with E-state index >= 15 is 0 Å². The number of fused-ring (bicyclic) bond motifs is 1. The molecule has 1 amide bonds. The lowest BCUT2D eigenvalue weighted by atomic mass is 9.93. The van der Waals surface area contributed by atoms with Gasteiger partial charge in [-0.15, -0.1) is 11.3 Å². The van der Waals surface area contributed by atoms with Gasteiger partial charge in [-0.3, -0.25) is 9.52 Å². The third kappa shape index (κ3) is 3.47. The number of ether oxygens (including phenoxy) is 1. The molecule has 0 aliphatic carbocycles. The Hall–Kier alpha value is -1.77. The number of hydrogen-bond donors (Lipinski definition) is 1. The number of carbonyl (C=O) groups is 1. The van der Waals surface area contributed by atoms with E-state index in [9.17, 15) is 13.2 Å². The van der Waals surface area contributed by atoms with Crippen molar-refractivity contribution < 1.29 is 17.9 Å². The smallest absolute Gasteiger partial charge is 0.271 e. The summed E-state index contributed by atoms with van der Waals surface area (Å²) in [6.07, 6.45) is 0. The number of nitrogens with zero attached hydrogens (tertiary/aromatic N) is 1. The van der Waals surface area contributed by atoms with E-state index in [1.807, 2.05) is 13.8 Å². The Bertz CT molecular complexity index is 937. The predicted molar refractivity (Wildman–Crippen MR) is 99.3 cm³/mol. The molecule has 134 valence electrons. The summed E-state index contributed by atoms with van der Waals surface area (Å²) in [7, 11) is -2.09. The Labute approximate surface area is 155 Å². The van der Waals surface area contributed by atoms with E-state index < -0.39 is 15.4 Å². The van der Waals surface area contributed by atoms with Crippen molar-refractivity contribution in [1.82, 2.24) is 0 Å². The minimum Gasteiger partial charge on any atom is -0.490 e. The van der Waals surface area contributed by atoms with E-state index in [1.54, 1.807) is 25.2 Å². The van der Waals surface area contributed by atoms with Gasteiger partial charge >= 0.3 is 0 Å². The Morgan fingerprint density at radius 2 is 2.00 bits per heavy atom. The number of rotatable bonds is 3. The highest BCUT2D eigenvalue weighted by atomic mass is 35.5. The fourth-order valence-corrected chi connectivity index (χ4v) is 5.03. The summed E-state index contributed by atoms with van der Waals surface area (Å²) in [5.74, 6) is 0.430. The van der Waals surface area contributed by atoms with Gasteiger partial charge in [0.1, 0.15) is 16.6 Å². The molecule has 0 saturated heterocycles. The first-order valence-electron chi connectivity index (χ1n) is 7.43. The second kappa shape index (κ2) is 6.19. The van der Waals surface area contributed by atoms with Crippen LogP contribution in [0.3, 0.4) is 0 Å². The predicted octanol–water partition coefficient (Wildman–Crippen LogP) is 3.58. The zero-order valence-electron chi connectivity index (χ0n) is 13.9. The van der Waals surface area contributed by atoms with Crippen LogP contribution in [0.25, 0.3) is 0 Å². The normalized spacial score (nSPS) is 16.8. The van der Waals surface area contributed by atoms with Gasteiger partial charge in [-0.2, -0.15) is 0 Å². The number of nitrogens with one attached hydrogen (secondary N) is 1. The maximum Gasteiger partial charge on any atom is 0.271 e. The van der Waals surface area contributed by atoms with Crippen LogP contribution in [0.2, 0.25) is 4.34 Å². The molecule has 0 radical (unpaired) electrons. The number of thiophene rings is 1. The van der Waals surface area contributed by atoms with Gasteiger partial charge in [0.25, 0.3) is 10.0 Å². The van der Waals surface area contributed by atoms with Crippen LogP contribution in [-0.2, 0) is 14.8 Å². The minimum absolute atomic E-state index is 0.101. The van der Waals surface area contributed by atoms with Crippen LogP contribution in [0.1, 0.15) is 13.8 Å². The molecule has 1 aliphatic rings. The van der Waals surface area contributed by atoms with E-state index in [1.165, 1.54) is 17.0 Å². The van der Waals surface area contributed by atoms with Crippen LogP contribution in [0.15, 0.2) is 34.5 Å². The van der Waals surface area contributed by atoms with Crippen molar-refractivity contribution >= 4 is 50.2 Å². The summed E-state index contributed by atoms with van der Waals surface area (Å²) >= 11 is 6.78. The molecule has 3 rings (SSSR count). The van der Waals surface area contributed by atoms with E-state index in [2.05, 4.69) is 4.72 Å². The Morgan fingerprint density at radius 1 is 1.28 bits per heavy atom. The van der Waals surface area contributed by atoms with Crippen molar-refractivity contribution in [2.24, 2.45) is 5.41 Å². The standard InChI is InChI=1S/C16H17ClN2O4S2/c1-16(2)9-23-12-5-4-10(8-11(12)19(3)15(16)20)18-25(21,22)14-7-6-13(17)24-14/h4-8,18H,9H2,1-3H3. The molecule has 1 aromatic carbocycles. The van der Waals surface area contributed by atoms with Gasteiger partial charge in [-0.25, -0.2) is 8.42 Å². The highest BCUT2D eigenvalue weighted by Gasteiger charge is 2.36. The average Bonchev–Trinajstić information content (AvgIpc) is 2.96. The quantitative estimate of drug-likeness (QED) is 0.854. The van der Waals surface area contributed by atoms with Gasteiger partial charge in [-0.05, 0) is 44.2 Å². The lowest BCUT2D eigenvalue weighted by Crippen LogP contribution is -2.39. The zero-order chi connectivity index (χ0) is 18.4. The highest BCUT2D eigenvalue weighted by Crippen LogP contribution is 2.38. The molecule has 0 atom stereocenters. The van der Waals surface area contributed by atoms with Gasteiger partial charge in [0.05, 0.1) is 21.1 Å². The molecular formula is C16H17ClN2O4S2. The van der Waals surface area contributed by atoms with Gasteiger partial charge in [0.15, 0.2) is 0 Å². The number of carbonyl (C=O) groups excluding carboxylic acids is 1. The van der Waals surface area contributed by atoms with Crippen LogP contribution in [0.5, 0.6) is 5.75 Å². The van der Waals surface area contributed by atoms with Crippen molar-refractivity contribution in [3.05, 3.63) is 34.7 Å². The SMILES string of the molecule is CN1C(=O)C(C)(C)COc2ccc(NS(=O)(=O)c3ccc(Cl)s3)cc21. The van der Waals surface area contributed by atoms with Crippen LogP contribution in [0.4, 0.5) is 11.4 Å². The summed E-state index contributed by atoms with van der Waals surface area (Å²) in [6, 6.07) is 7.81. The summed E-state index contributed by atoms with van der Waals surface area (Å²) in [4.78, 5) is 14.0. The molecule has 0 bridgehead atoms. The molecule has 9 heteroatoms. The number of anilines is 2. The molecule has 0 saturated carbocycles. The largest absolute Gasteiger partial charge is 0.490 e. The second-order valence-corrected chi connectivity index (χ2v) is 10.0. The molecule has 25 heavy (non-hydrogen) atoms. The highest BCUT2D eigenvalue weighted by molar-refractivity contribution is 7.94. The molecule has 0 spiro atoms. The van der Waals surface area contributed by atoms with E-state index in [4.69, 9.17) is 16.3 Å². The summed E-state index contributed by atoms with van der Waals surface area (Å²) in [5.41, 5.74) is 0.187. The van der Waals surface area contributed by atoms with Crippen molar-refractivity contribution in [2.75, 3.05) is 23.3 Å². The lowest BCUT2D eigenvalue weighted by Gasteiger charge is -2.24. The van der Waals surface area contributed by atoms with Crippen molar-refractivity contribution in [2.45, 2.75) is 18.1 Å². The summed E-state index contributed by atoms with van der Waals surface area (Å²) < 4.78 is 33.6. The maximum absolute atomic E-state index is 12.5. The Morgan fingerprint density at radius 3 is 2.64 bits per heavy atom. The molecule has 2 aromatic rings. The summed E-state index contributed by atoms with van der Waals surface area (Å²) in [5, 5.41) is 0. The number of hydrogen-bond acceptors (Lipinski definition) is 5. The fourth-order valence-electron chi connectivity index (χ4n) is 2.50. The molecule has 1 aliphatic heterocycles. The lowest BCUT2D eigenvalue weighted by molar-refractivity contribution is -0.127. The van der Waals surface area contributed by atoms with Gasteiger partial charge in [0, 0.05) is 7.05 Å². The molecular weight excluding hydrogens is 384 g/mol. The number of halogens is 1.